The minimum atomic E-state index is -4.47. The molecule has 0 aliphatic rings. The predicted molar refractivity (Wildman–Crippen MR) is 126 cm³/mol. The molecular formula is C24H28F3N5OS. The second-order valence-corrected chi connectivity index (χ2v) is 9.59. The van der Waals surface area contributed by atoms with Gasteiger partial charge in [-0.3, -0.25) is 14.3 Å². The molecule has 6 nitrogen and oxygen atoms in total. The van der Waals surface area contributed by atoms with Gasteiger partial charge < -0.3 is 5.32 Å². The van der Waals surface area contributed by atoms with Gasteiger partial charge in [0, 0.05) is 18.0 Å². The topological polar surface area (TPSA) is 72.7 Å². The molecule has 0 radical (unpaired) electrons. The molecular weight excluding hydrogens is 463 g/mol. The SMILES string of the molecule is CC(C)c1ccc(C(NC(=O)CSc2nnc(-c3ccncc3)n2CC(F)(F)F)C(C)C)cc1. The number of hydrogen-bond donors (Lipinski definition) is 1. The Hall–Kier alpha value is -2.88. The number of carbonyl (C=O) groups excluding carboxylic acids is 1. The highest BCUT2D eigenvalue weighted by atomic mass is 32.2. The van der Waals surface area contributed by atoms with Crippen molar-refractivity contribution in [2.45, 2.75) is 57.5 Å². The number of carbonyl (C=O) groups is 1. The van der Waals surface area contributed by atoms with E-state index in [4.69, 9.17) is 0 Å². The van der Waals surface area contributed by atoms with Gasteiger partial charge in [0.15, 0.2) is 11.0 Å². The first-order valence-corrected chi connectivity index (χ1v) is 12.0. The molecule has 1 aromatic carbocycles. The van der Waals surface area contributed by atoms with Crippen molar-refractivity contribution in [3.63, 3.8) is 0 Å². The lowest BCUT2D eigenvalue weighted by molar-refractivity contribution is -0.141. The number of halogens is 3. The molecule has 0 saturated heterocycles. The van der Waals surface area contributed by atoms with Crippen LogP contribution in [0.4, 0.5) is 13.2 Å². The first-order chi connectivity index (χ1) is 16.0. The van der Waals surface area contributed by atoms with Crippen molar-refractivity contribution in [1.82, 2.24) is 25.1 Å². The Morgan fingerprint density at radius 1 is 1.00 bits per heavy atom. The summed E-state index contributed by atoms with van der Waals surface area (Å²) in [6, 6.07) is 11.0. The summed E-state index contributed by atoms with van der Waals surface area (Å²) in [4.78, 5) is 16.6. The fraction of sp³-hybridized carbons (Fsp3) is 0.417. The average molecular weight is 492 g/mol. The molecule has 34 heavy (non-hydrogen) atoms. The van der Waals surface area contributed by atoms with Gasteiger partial charge in [-0.15, -0.1) is 10.2 Å². The number of nitrogens with one attached hydrogen (secondary N) is 1. The van der Waals surface area contributed by atoms with Crippen molar-refractivity contribution in [1.29, 1.82) is 0 Å². The van der Waals surface area contributed by atoms with Crippen LogP contribution in [-0.4, -0.2) is 37.6 Å². The van der Waals surface area contributed by atoms with Crippen molar-refractivity contribution in [3.05, 3.63) is 59.9 Å². The van der Waals surface area contributed by atoms with E-state index >= 15 is 0 Å². The van der Waals surface area contributed by atoms with Gasteiger partial charge in [-0.05, 0) is 35.1 Å². The largest absolute Gasteiger partial charge is 0.406 e. The van der Waals surface area contributed by atoms with E-state index in [2.05, 4.69) is 46.5 Å². The van der Waals surface area contributed by atoms with Crippen LogP contribution in [0.25, 0.3) is 11.4 Å². The maximum Gasteiger partial charge on any atom is 0.406 e. The summed E-state index contributed by atoms with van der Waals surface area (Å²) in [5, 5.41) is 10.9. The monoisotopic (exact) mass is 491 g/mol. The van der Waals surface area contributed by atoms with Crippen LogP contribution in [-0.2, 0) is 11.3 Å². The summed E-state index contributed by atoms with van der Waals surface area (Å²) < 4.78 is 40.7. The fourth-order valence-corrected chi connectivity index (χ4v) is 4.25. The fourth-order valence-electron chi connectivity index (χ4n) is 3.50. The van der Waals surface area contributed by atoms with E-state index in [1.165, 1.54) is 18.0 Å². The molecule has 1 amide bonds. The molecule has 0 bridgehead atoms. The molecule has 3 rings (SSSR count). The van der Waals surface area contributed by atoms with Gasteiger partial charge in [0.25, 0.3) is 0 Å². The highest BCUT2D eigenvalue weighted by Gasteiger charge is 2.31. The zero-order valence-corrected chi connectivity index (χ0v) is 20.3. The van der Waals surface area contributed by atoms with Crippen LogP contribution in [0.2, 0.25) is 0 Å². The minimum absolute atomic E-state index is 0.0293. The molecule has 2 heterocycles. The van der Waals surface area contributed by atoms with Crippen molar-refractivity contribution >= 4 is 17.7 Å². The molecule has 0 saturated carbocycles. The van der Waals surface area contributed by atoms with Gasteiger partial charge in [-0.25, -0.2) is 0 Å². The minimum Gasteiger partial charge on any atom is -0.348 e. The third kappa shape index (κ3) is 6.82. The highest BCUT2D eigenvalue weighted by Crippen LogP contribution is 2.29. The number of pyridine rings is 1. The van der Waals surface area contributed by atoms with Gasteiger partial charge >= 0.3 is 6.18 Å². The van der Waals surface area contributed by atoms with Crippen molar-refractivity contribution < 1.29 is 18.0 Å². The first kappa shape index (κ1) is 25.7. The van der Waals surface area contributed by atoms with Crippen LogP contribution in [0.1, 0.15) is 50.8 Å². The van der Waals surface area contributed by atoms with Crippen LogP contribution in [0.15, 0.2) is 53.9 Å². The third-order valence-electron chi connectivity index (χ3n) is 5.27. The number of benzene rings is 1. The molecule has 3 aromatic rings. The molecule has 1 unspecified atom stereocenters. The van der Waals surface area contributed by atoms with Crippen LogP contribution in [0.3, 0.4) is 0 Å². The van der Waals surface area contributed by atoms with Gasteiger partial charge in [-0.2, -0.15) is 13.2 Å². The molecule has 2 aromatic heterocycles. The summed E-state index contributed by atoms with van der Waals surface area (Å²) in [6.45, 7) is 7.00. The van der Waals surface area contributed by atoms with Gasteiger partial charge in [0.05, 0.1) is 11.8 Å². The van der Waals surface area contributed by atoms with Gasteiger partial charge in [0.2, 0.25) is 5.91 Å². The number of alkyl halides is 3. The van der Waals surface area contributed by atoms with E-state index in [0.717, 1.165) is 21.9 Å². The number of aromatic nitrogens is 4. The number of rotatable bonds is 9. The van der Waals surface area contributed by atoms with Gasteiger partial charge in [0.1, 0.15) is 6.54 Å². The maximum atomic E-state index is 13.2. The Kier molecular flexibility index (Phi) is 8.35. The normalized spacial score (nSPS) is 12.9. The second kappa shape index (κ2) is 11.0. The third-order valence-corrected chi connectivity index (χ3v) is 6.24. The Labute approximate surface area is 201 Å². The quantitative estimate of drug-likeness (QED) is 0.393. The Morgan fingerprint density at radius 2 is 1.62 bits per heavy atom. The van der Waals surface area contributed by atoms with Crippen molar-refractivity contribution in [2.24, 2.45) is 5.92 Å². The molecule has 0 aliphatic carbocycles. The van der Waals surface area contributed by atoms with Crippen LogP contribution < -0.4 is 5.32 Å². The Morgan fingerprint density at radius 3 is 2.18 bits per heavy atom. The number of amides is 1. The molecule has 0 aliphatic heterocycles. The smallest absolute Gasteiger partial charge is 0.348 e. The van der Waals surface area contributed by atoms with Crippen molar-refractivity contribution in [2.75, 3.05) is 5.75 Å². The van der Waals surface area contributed by atoms with Crippen LogP contribution >= 0.6 is 11.8 Å². The molecule has 10 heteroatoms. The second-order valence-electron chi connectivity index (χ2n) is 8.64. The van der Waals surface area contributed by atoms with E-state index in [0.29, 0.717) is 11.5 Å². The zero-order chi connectivity index (χ0) is 24.9. The van der Waals surface area contributed by atoms with Crippen LogP contribution in [0, 0.1) is 5.92 Å². The maximum absolute atomic E-state index is 13.2. The highest BCUT2D eigenvalue weighted by molar-refractivity contribution is 7.99. The molecule has 1 N–H and O–H groups in total. The number of nitrogens with zero attached hydrogens (tertiary/aromatic N) is 4. The van der Waals surface area contributed by atoms with E-state index in [-0.39, 0.29) is 34.6 Å². The lowest BCUT2D eigenvalue weighted by Gasteiger charge is -2.23. The predicted octanol–water partition coefficient (Wildman–Crippen LogP) is 5.63. The van der Waals surface area contributed by atoms with E-state index in [1.54, 1.807) is 12.1 Å². The lowest BCUT2D eigenvalue weighted by atomic mass is 9.93. The molecule has 1 atom stereocenters. The van der Waals surface area contributed by atoms with E-state index in [1.807, 2.05) is 26.0 Å². The zero-order valence-electron chi connectivity index (χ0n) is 19.5. The van der Waals surface area contributed by atoms with Gasteiger partial charge in [-0.1, -0.05) is 63.7 Å². The number of hydrogen-bond acceptors (Lipinski definition) is 5. The molecule has 0 fully saturated rings. The summed E-state index contributed by atoms with van der Waals surface area (Å²) in [5.41, 5.74) is 2.66. The molecule has 182 valence electrons. The first-order valence-electron chi connectivity index (χ1n) is 11.0. The average Bonchev–Trinajstić information content (AvgIpc) is 3.17. The van der Waals surface area contributed by atoms with E-state index < -0.39 is 12.7 Å². The summed E-state index contributed by atoms with van der Waals surface area (Å²) in [5.74, 6) is 0.242. The van der Waals surface area contributed by atoms with Crippen LogP contribution in [0.5, 0.6) is 0 Å². The summed E-state index contributed by atoms with van der Waals surface area (Å²) >= 11 is 0.928. The Balaban J connectivity index is 1.73. The number of thioether (sulfide) groups is 1. The summed E-state index contributed by atoms with van der Waals surface area (Å²) in [7, 11) is 0. The van der Waals surface area contributed by atoms with Crippen molar-refractivity contribution in [3.8, 4) is 11.4 Å². The Bertz CT molecular complexity index is 1080. The van der Waals surface area contributed by atoms with E-state index in [9.17, 15) is 18.0 Å². The lowest BCUT2D eigenvalue weighted by Crippen LogP contribution is -2.33. The summed E-state index contributed by atoms with van der Waals surface area (Å²) in [6.07, 6.45) is -1.52. The molecule has 0 spiro atoms. The standard InChI is InChI=1S/C24H28F3N5OS/c1-15(2)17-5-7-18(8-6-17)21(16(3)4)29-20(33)13-34-23-31-30-22(19-9-11-28-12-10-19)32(23)14-24(25,26)27/h5-12,15-16,21H,13-14H2,1-4H3,(H,29,33).